The van der Waals surface area contributed by atoms with E-state index in [2.05, 4.69) is 33.7 Å². The van der Waals surface area contributed by atoms with Gasteiger partial charge in [0.05, 0.1) is 11.1 Å². The van der Waals surface area contributed by atoms with Crippen LogP contribution in [-0.2, 0) is 0 Å². The minimum absolute atomic E-state index is 0.675. The van der Waals surface area contributed by atoms with E-state index in [1.54, 1.807) is 12.3 Å². The summed E-state index contributed by atoms with van der Waals surface area (Å²) in [5.74, 6) is 0.712. The van der Waals surface area contributed by atoms with Crippen LogP contribution in [0.15, 0.2) is 48.1 Å². The molecule has 0 aliphatic heterocycles. The quantitative estimate of drug-likeness (QED) is 0.814. The number of fused-ring (bicyclic) bond motifs is 1. The Morgan fingerprint density at radius 3 is 3.24 bits per heavy atom. The predicted molar refractivity (Wildman–Crippen MR) is 70.6 cm³/mol. The second-order valence-corrected chi connectivity index (χ2v) is 3.50. The minimum atomic E-state index is 0.675. The molecule has 0 spiro atoms. The molecule has 1 N–H and O–H groups in total. The van der Waals surface area contributed by atoms with E-state index < -0.39 is 0 Å². The number of rotatable bonds is 4. The van der Waals surface area contributed by atoms with E-state index in [9.17, 15) is 0 Å². The summed E-state index contributed by atoms with van der Waals surface area (Å²) in [6.45, 7) is 5.82. The third-order valence-electron chi connectivity index (χ3n) is 2.28. The normalized spacial score (nSPS) is 12.4. The van der Waals surface area contributed by atoms with Crippen molar-refractivity contribution in [1.29, 1.82) is 0 Å². The number of pyridine rings is 1. The molecule has 2 aromatic heterocycles. The number of aliphatic imine (C=N–C) groups is 1. The zero-order chi connectivity index (χ0) is 12.1. The first kappa shape index (κ1) is 11.3. The summed E-state index contributed by atoms with van der Waals surface area (Å²) < 4.78 is 0. The Hall–Kier alpha value is -2.23. The van der Waals surface area contributed by atoms with Crippen LogP contribution >= 0.6 is 0 Å². The Labute approximate surface area is 99.8 Å². The third kappa shape index (κ3) is 2.47. The van der Waals surface area contributed by atoms with Crippen molar-refractivity contribution in [2.45, 2.75) is 13.3 Å². The lowest BCUT2D eigenvalue weighted by atomic mass is 10.3. The van der Waals surface area contributed by atoms with Crippen LogP contribution in [0.5, 0.6) is 0 Å². The molecule has 17 heavy (non-hydrogen) atoms. The first-order valence-electron chi connectivity index (χ1n) is 5.52. The highest BCUT2D eigenvalue weighted by atomic mass is 15.2. The lowest BCUT2D eigenvalue weighted by Crippen LogP contribution is -1.85. The Bertz CT molecular complexity index is 578. The SMILES string of the molecule is C=CC(/C=C\CC)=Nc1[nH]nc2ncccc12. The standard InChI is InChI=1S/C13H14N4/c1-3-5-7-10(4-2)15-13-11-8-6-9-14-12(11)16-17-13/h4-9H,2-3H2,1H3,(H,14,16,17)/b7-5-,15-10?. The second-order valence-electron chi connectivity index (χ2n) is 3.50. The van der Waals surface area contributed by atoms with Crippen LogP contribution in [-0.4, -0.2) is 20.9 Å². The van der Waals surface area contributed by atoms with E-state index in [0.717, 1.165) is 17.5 Å². The molecule has 4 heteroatoms. The number of H-pyrrole nitrogens is 1. The fraction of sp³-hybridized carbons (Fsp3) is 0.154. The Morgan fingerprint density at radius 1 is 1.59 bits per heavy atom. The Balaban J connectivity index is 2.42. The molecule has 4 nitrogen and oxygen atoms in total. The lowest BCUT2D eigenvalue weighted by Gasteiger charge is -1.93. The van der Waals surface area contributed by atoms with Crippen molar-refractivity contribution in [2.75, 3.05) is 0 Å². The fourth-order valence-electron chi connectivity index (χ4n) is 1.44. The molecule has 0 aliphatic carbocycles. The highest BCUT2D eigenvalue weighted by molar-refractivity contribution is 6.06. The number of hydrogen-bond donors (Lipinski definition) is 1. The maximum absolute atomic E-state index is 4.46. The maximum Gasteiger partial charge on any atom is 0.183 e. The van der Waals surface area contributed by atoms with Gasteiger partial charge in [0.1, 0.15) is 0 Å². The van der Waals surface area contributed by atoms with Crippen molar-refractivity contribution in [3.05, 3.63) is 43.1 Å². The zero-order valence-corrected chi connectivity index (χ0v) is 9.72. The van der Waals surface area contributed by atoms with Crippen molar-refractivity contribution in [2.24, 2.45) is 4.99 Å². The molecule has 0 aliphatic rings. The third-order valence-corrected chi connectivity index (χ3v) is 2.28. The van der Waals surface area contributed by atoms with Gasteiger partial charge in [-0.05, 0) is 30.7 Å². The van der Waals surface area contributed by atoms with E-state index in [4.69, 9.17) is 0 Å². The molecule has 0 fully saturated rings. The molecular weight excluding hydrogens is 212 g/mol. The smallest absolute Gasteiger partial charge is 0.183 e. The second kappa shape index (κ2) is 5.21. The molecule has 0 saturated carbocycles. The van der Waals surface area contributed by atoms with Crippen molar-refractivity contribution >= 4 is 22.6 Å². The summed E-state index contributed by atoms with van der Waals surface area (Å²) in [4.78, 5) is 8.60. The zero-order valence-electron chi connectivity index (χ0n) is 9.72. The molecule has 0 saturated heterocycles. The largest absolute Gasteiger partial charge is 0.259 e. The van der Waals surface area contributed by atoms with E-state index in [-0.39, 0.29) is 0 Å². The van der Waals surface area contributed by atoms with Gasteiger partial charge in [-0.1, -0.05) is 19.6 Å². The van der Waals surface area contributed by atoms with Crippen molar-refractivity contribution in [3.8, 4) is 0 Å². The molecular formula is C13H14N4. The molecule has 0 amide bonds. The number of aromatic amines is 1. The van der Waals surface area contributed by atoms with Crippen LogP contribution < -0.4 is 0 Å². The van der Waals surface area contributed by atoms with Crippen molar-refractivity contribution in [1.82, 2.24) is 15.2 Å². The Morgan fingerprint density at radius 2 is 2.47 bits per heavy atom. The van der Waals surface area contributed by atoms with Gasteiger partial charge in [0, 0.05) is 6.20 Å². The molecule has 2 aromatic rings. The lowest BCUT2D eigenvalue weighted by molar-refractivity contribution is 1.09. The van der Waals surface area contributed by atoms with Gasteiger partial charge in [0.25, 0.3) is 0 Å². The summed E-state index contributed by atoms with van der Waals surface area (Å²) in [5.41, 5.74) is 1.48. The number of allylic oxidation sites excluding steroid dienone is 3. The number of nitrogens with one attached hydrogen (secondary N) is 1. The average molecular weight is 226 g/mol. The number of hydrogen-bond acceptors (Lipinski definition) is 3. The van der Waals surface area contributed by atoms with Crippen molar-refractivity contribution < 1.29 is 0 Å². The van der Waals surface area contributed by atoms with Gasteiger partial charge in [-0.15, -0.1) is 0 Å². The minimum Gasteiger partial charge on any atom is -0.259 e. The maximum atomic E-state index is 4.46. The molecule has 0 radical (unpaired) electrons. The predicted octanol–water partition coefficient (Wildman–Crippen LogP) is 3.18. The van der Waals surface area contributed by atoms with Crippen LogP contribution in [0.25, 0.3) is 11.0 Å². The van der Waals surface area contributed by atoms with Crippen LogP contribution in [0.3, 0.4) is 0 Å². The van der Waals surface area contributed by atoms with Gasteiger partial charge in [0.2, 0.25) is 0 Å². The van der Waals surface area contributed by atoms with Crippen molar-refractivity contribution in [3.63, 3.8) is 0 Å². The average Bonchev–Trinajstić information content (AvgIpc) is 2.78. The fourth-order valence-corrected chi connectivity index (χ4v) is 1.44. The molecule has 86 valence electrons. The number of aromatic nitrogens is 3. The van der Waals surface area contributed by atoms with E-state index in [1.165, 1.54) is 0 Å². The van der Waals surface area contributed by atoms with Gasteiger partial charge in [-0.3, -0.25) is 5.10 Å². The summed E-state index contributed by atoms with van der Waals surface area (Å²) in [7, 11) is 0. The highest BCUT2D eigenvalue weighted by Gasteiger charge is 2.03. The summed E-state index contributed by atoms with van der Waals surface area (Å²) in [5, 5.41) is 7.87. The van der Waals surface area contributed by atoms with E-state index >= 15 is 0 Å². The van der Waals surface area contributed by atoms with Gasteiger partial charge >= 0.3 is 0 Å². The monoisotopic (exact) mass is 226 g/mol. The summed E-state index contributed by atoms with van der Waals surface area (Å²) >= 11 is 0. The van der Waals surface area contributed by atoms with Gasteiger partial charge < -0.3 is 0 Å². The van der Waals surface area contributed by atoms with Crippen LogP contribution in [0.4, 0.5) is 5.82 Å². The van der Waals surface area contributed by atoms with Crippen LogP contribution in [0.2, 0.25) is 0 Å². The molecule has 0 aromatic carbocycles. The van der Waals surface area contributed by atoms with Crippen LogP contribution in [0, 0.1) is 0 Å². The van der Waals surface area contributed by atoms with Gasteiger partial charge in [-0.25, -0.2) is 9.98 Å². The first-order valence-corrected chi connectivity index (χ1v) is 5.52. The first-order chi connectivity index (χ1) is 8.35. The van der Waals surface area contributed by atoms with Gasteiger partial charge in [0.15, 0.2) is 11.5 Å². The van der Waals surface area contributed by atoms with Crippen LogP contribution in [0.1, 0.15) is 13.3 Å². The highest BCUT2D eigenvalue weighted by Crippen LogP contribution is 2.20. The van der Waals surface area contributed by atoms with E-state index in [1.807, 2.05) is 24.3 Å². The molecule has 2 rings (SSSR count). The number of nitrogens with zero attached hydrogens (tertiary/aromatic N) is 3. The summed E-state index contributed by atoms with van der Waals surface area (Å²) in [6, 6.07) is 3.81. The molecule has 0 bridgehead atoms. The summed E-state index contributed by atoms with van der Waals surface area (Å²) in [6.07, 6.45) is 8.38. The van der Waals surface area contributed by atoms with Gasteiger partial charge in [-0.2, -0.15) is 5.10 Å². The topological polar surface area (TPSA) is 53.9 Å². The Kier molecular flexibility index (Phi) is 3.45. The molecule has 2 heterocycles. The molecule has 0 atom stereocenters. The van der Waals surface area contributed by atoms with E-state index in [0.29, 0.717) is 11.5 Å². The molecule has 0 unspecified atom stereocenters.